The van der Waals surface area contributed by atoms with E-state index in [1.165, 1.54) is 0 Å². The summed E-state index contributed by atoms with van der Waals surface area (Å²) in [5, 5.41) is 15.8. The maximum atomic E-state index is 10.4. The van der Waals surface area contributed by atoms with Crippen LogP contribution < -0.4 is 11.5 Å². The molecule has 6 N–H and O–H groups in total. The summed E-state index contributed by atoms with van der Waals surface area (Å²) in [7, 11) is 0. The lowest BCUT2D eigenvalue weighted by Crippen LogP contribution is -2.33. The summed E-state index contributed by atoms with van der Waals surface area (Å²) in [6.07, 6.45) is 1.55. The first-order valence-electron chi connectivity index (χ1n) is 4.81. The van der Waals surface area contributed by atoms with Crippen LogP contribution in [0.15, 0.2) is 0 Å². The monoisotopic (exact) mass is 233 g/mol. The number of rotatable bonds is 7. The number of hydrogen-bond acceptors (Lipinski definition) is 5. The molecule has 3 atom stereocenters. The van der Waals surface area contributed by atoms with Gasteiger partial charge in [0.15, 0.2) is 0 Å². The van der Waals surface area contributed by atoms with Crippen molar-refractivity contribution in [3.05, 3.63) is 0 Å². The van der Waals surface area contributed by atoms with Crippen LogP contribution in [0.25, 0.3) is 0 Å². The maximum absolute atomic E-state index is 10.4. The summed E-state index contributed by atoms with van der Waals surface area (Å²) in [5.74, 6) is -0.997. The molecule has 0 aromatic rings. The van der Waals surface area contributed by atoms with Gasteiger partial charge in [0.25, 0.3) is 0 Å². The van der Waals surface area contributed by atoms with Crippen molar-refractivity contribution in [2.45, 2.75) is 43.5 Å². The van der Waals surface area contributed by atoms with Gasteiger partial charge in [0.1, 0.15) is 6.04 Å². The van der Waals surface area contributed by atoms with Gasteiger partial charge in [-0.3, -0.25) is 4.79 Å². The molecule has 0 aromatic heterocycles. The molecule has 0 aliphatic heterocycles. The Morgan fingerprint density at radius 1 is 1.40 bits per heavy atom. The lowest BCUT2D eigenvalue weighted by Gasteiger charge is -2.16. The highest BCUT2D eigenvalue weighted by Crippen LogP contribution is 2.12. The number of carbonyl (C=O) groups is 1. The minimum atomic E-state index is -0.997. The smallest absolute Gasteiger partial charge is 0.320 e. The topological polar surface area (TPSA) is 113 Å². The van der Waals surface area contributed by atoms with Crippen molar-refractivity contribution in [1.29, 1.82) is 5.41 Å². The van der Waals surface area contributed by atoms with Crippen LogP contribution in [0.5, 0.6) is 0 Å². The van der Waals surface area contributed by atoms with Gasteiger partial charge in [0, 0.05) is 17.0 Å². The average molecular weight is 233 g/mol. The van der Waals surface area contributed by atoms with Crippen LogP contribution in [0.1, 0.15) is 26.2 Å². The quantitative estimate of drug-likeness (QED) is 0.320. The fourth-order valence-electron chi connectivity index (χ4n) is 1.08. The summed E-state index contributed by atoms with van der Waals surface area (Å²) >= 11 is 4.28. The third-order valence-corrected chi connectivity index (χ3v) is 2.68. The van der Waals surface area contributed by atoms with Gasteiger partial charge >= 0.3 is 5.97 Å². The molecule has 0 saturated heterocycles. The van der Waals surface area contributed by atoms with E-state index in [2.05, 4.69) is 12.6 Å². The van der Waals surface area contributed by atoms with E-state index < -0.39 is 12.0 Å². The van der Waals surface area contributed by atoms with Crippen molar-refractivity contribution in [2.24, 2.45) is 11.5 Å². The van der Waals surface area contributed by atoms with Crippen LogP contribution >= 0.6 is 12.6 Å². The van der Waals surface area contributed by atoms with Gasteiger partial charge in [0.2, 0.25) is 0 Å². The number of nitrogens with two attached hydrogens (primary N) is 2. The van der Waals surface area contributed by atoms with Crippen molar-refractivity contribution in [3.8, 4) is 0 Å². The van der Waals surface area contributed by atoms with Crippen molar-refractivity contribution >= 4 is 24.3 Å². The number of thiol groups is 1. The molecule has 0 aromatic carbocycles. The third kappa shape index (κ3) is 6.48. The lowest BCUT2D eigenvalue weighted by molar-refractivity contribution is -0.138. The molecule has 88 valence electrons. The second kappa shape index (κ2) is 6.81. The Morgan fingerprint density at radius 2 is 1.93 bits per heavy atom. The second-order valence-corrected chi connectivity index (χ2v) is 4.43. The van der Waals surface area contributed by atoms with Gasteiger partial charge in [-0.05, 0) is 26.2 Å². The Bertz CT molecular complexity index is 235. The maximum Gasteiger partial charge on any atom is 0.320 e. The summed E-state index contributed by atoms with van der Waals surface area (Å²) < 4.78 is 0. The highest BCUT2D eigenvalue weighted by molar-refractivity contribution is 7.80. The van der Waals surface area contributed by atoms with Gasteiger partial charge < -0.3 is 22.0 Å². The molecule has 0 heterocycles. The average Bonchev–Trinajstić information content (AvgIpc) is 2.13. The van der Waals surface area contributed by atoms with Crippen molar-refractivity contribution in [3.63, 3.8) is 0 Å². The molecule has 0 aliphatic rings. The van der Waals surface area contributed by atoms with E-state index in [-0.39, 0.29) is 11.3 Å². The van der Waals surface area contributed by atoms with Gasteiger partial charge in [-0.2, -0.15) is 12.6 Å². The Morgan fingerprint density at radius 3 is 2.33 bits per heavy atom. The predicted octanol–water partition coefficient (Wildman–Crippen LogP) is 0.234. The first kappa shape index (κ1) is 14.4. The molecule has 0 amide bonds. The zero-order chi connectivity index (χ0) is 12.0. The first-order chi connectivity index (χ1) is 6.84. The van der Waals surface area contributed by atoms with Gasteiger partial charge in [-0.25, -0.2) is 0 Å². The van der Waals surface area contributed by atoms with Crippen LogP contribution in [0.2, 0.25) is 0 Å². The third-order valence-electron chi connectivity index (χ3n) is 2.21. The Hall–Kier alpha value is -0.590. The minimum Gasteiger partial charge on any atom is -0.480 e. The summed E-state index contributed by atoms with van der Waals surface area (Å²) in [6.45, 7) is 1.65. The molecule has 0 bridgehead atoms. The number of nitrogens with one attached hydrogen (secondary N) is 1. The van der Waals surface area contributed by atoms with Crippen LogP contribution in [0.4, 0.5) is 0 Å². The molecule has 0 rings (SSSR count). The van der Waals surface area contributed by atoms with Crippen LogP contribution in [0.3, 0.4) is 0 Å². The van der Waals surface area contributed by atoms with E-state index in [4.69, 9.17) is 22.0 Å². The lowest BCUT2D eigenvalue weighted by atomic mass is 10.0. The zero-order valence-corrected chi connectivity index (χ0v) is 9.71. The Labute approximate surface area is 95.1 Å². The van der Waals surface area contributed by atoms with E-state index in [1.807, 2.05) is 0 Å². The molecule has 0 spiro atoms. The molecule has 0 fully saturated rings. The molecular weight excluding hydrogens is 214 g/mol. The van der Waals surface area contributed by atoms with E-state index in [9.17, 15) is 4.79 Å². The van der Waals surface area contributed by atoms with Crippen LogP contribution in [-0.4, -0.2) is 34.1 Å². The molecule has 0 radical (unpaired) electrons. The number of carboxylic acid groups (broad SMARTS) is 1. The van der Waals surface area contributed by atoms with Crippen molar-refractivity contribution in [1.82, 2.24) is 0 Å². The number of carboxylic acids is 1. The van der Waals surface area contributed by atoms with Crippen LogP contribution in [0, 0.1) is 5.41 Å². The molecule has 0 unspecified atom stereocenters. The summed E-state index contributed by atoms with van der Waals surface area (Å²) in [6, 6.07) is -1.13. The predicted molar refractivity (Wildman–Crippen MR) is 63.6 cm³/mol. The van der Waals surface area contributed by atoms with E-state index in [1.54, 1.807) is 6.92 Å². The standard InChI is InChI=1S/C9H19N3O2S/c1-5(10)8(12)4-6(15)2-3-7(11)9(13)14/h6-8,10,15H,2-4,11-12H2,1H3,(H,13,14)/t6-,7-,8-/m0/s1. The fourth-order valence-corrected chi connectivity index (χ4v) is 1.46. The zero-order valence-electron chi connectivity index (χ0n) is 8.81. The molecular formula is C9H19N3O2S. The summed E-state index contributed by atoms with van der Waals surface area (Å²) in [5.41, 5.74) is 11.4. The van der Waals surface area contributed by atoms with Gasteiger partial charge in [0.05, 0.1) is 0 Å². The fraction of sp³-hybridized carbons (Fsp3) is 0.778. The first-order valence-corrected chi connectivity index (χ1v) is 5.33. The molecule has 0 aliphatic carbocycles. The largest absolute Gasteiger partial charge is 0.480 e. The van der Waals surface area contributed by atoms with Crippen molar-refractivity contribution < 1.29 is 9.90 Å². The molecule has 15 heavy (non-hydrogen) atoms. The second-order valence-electron chi connectivity index (χ2n) is 3.70. The van der Waals surface area contributed by atoms with Gasteiger partial charge in [-0.1, -0.05) is 0 Å². The highest BCUT2D eigenvalue weighted by Gasteiger charge is 2.16. The van der Waals surface area contributed by atoms with E-state index in [0.717, 1.165) is 0 Å². The SMILES string of the molecule is CC(=N)[C@@H](N)C[C@@H](S)CC[C@H](N)C(=O)O. The minimum absolute atomic E-state index is 0.00861. The normalized spacial score (nSPS) is 16.8. The number of hydrogen-bond donors (Lipinski definition) is 5. The van der Waals surface area contributed by atoms with Gasteiger partial charge in [-0.15, -0.1) is 0 Å². The Kier molecular flexibility index (Phi) is 6.55. The van der Waals surface area contributed by atoms with E-state index in [0.29, 0.717) is 25.0 Å². The molecule has 5 nitrogen and oxygen atoms in total. The van der Waals surface area contributed by atoms with Crippen LogP contribution in [-0.2, 0) is 4.79 Å². The molecule has 6 heteroatoms. The highest BCUT2D eigenvalue weighted by atomic mass is 32.1. The summed E-state index contributed by atoms with van der Waals surface area (Å²) in [4.78, 5) is 10.4. The van der Waals surface area contributed by atoms with Crippen molar-refractivity contribution in [2.75, 3.05) is 0 Å². The number of aliphatic carboxylic acids is 1. The van der Waals surface area contributed by atoms with E-state index >= 15 is 0 Å². The molecule has 0 saturated carbocycles. The Balaban J connectivity index is 3.79.